The molecule has 0 spiro atoms. The highest BCUT2D eigenvalue weighted by Gasteiger charge is 2.69. The predicted molar refractivity (Wildman–Crippen MR) is 132 cm³/mol. The second kappa shape index (κ2) is 6.75. The summed E-state index contributed by atoms with van der Waals surface area (Å²) in [5.74, 6) is 2.06. The Morgan fingerprint density at radius 3 is 2.25 bits per heavy atom. The molecule has 32 heavy (non-hydrogen) atoms. The molecule has 0 bridgehead atoms. The fraction of sp³-hybridized carbons (Fsp3) is 0.867. The number of aliphatic hydroxyl groups is 2. The van der Waals surface area contributed by atoms with Crippen LogP contribution in [0.15, 0.2) is 23.8 Å². The maximum Gasteiger partial charge on any atom is 0.0608 e. The lowest BCUT2D eigenvalue weighted by molar-refractivity contribution is -0.212. The Morgan fingerprint density at radius 1 is 0.875 bits per heavy atom. The molecule has 0 aromatic carbocycles. The highest BCUT2D eigenvalue weighted by Crippen LogP contribution is 2.75. The SMILES string of the molecule is C=C1CC[C@@]2(C)[C@H](O)C[C@@]3(C)C(=CC[C@H]4[C@]5(C)CC[C@@H](O)C(C)(C)[C@H]5CC[C@@]43C)[C@H]2[C@H]1C. The highest BCUT2D eigenvalue weighted by atomic mass is 16.3. The molecule has 5 aliphatic carbocycles. The van der Waals surface area contributed by atoms with Crippen molar-refractivity contribution in [3.05, 3.63) is 23.8 Å². The highest BCUT2D eigenvalue weighted by molar-refractivity contribution is 5.36. The van der Waals surface area contributed by atoms with E-state index in [2.05, 4.69) is 61.1 Å². The lowest BCUT2D eigenvalue weighted by atomic mass is 9.33. The maximum atomic E-state index is 11.7. The Labute approximate surface area is 197 Å². The van der Waals surface area contributed by atoms with Crippen LogP contribution in [0.4, 0.5) is 0 Å². The Hall–Kier alpha value is -0.600. The molecule has 4 saturated carbocycles. The van der Waals surface area contributed by atoms with E-state index in [1.807, 2.05) is 0 Å². The zero-order valence-electron chi connectivity index (χ0n) is 21.8. The molecule has 180 valence electrons. The van der Waals surface area contributed by atoms with Gasteiger partial charge in [0.1, 0.15) is 0 Å². The van der Waals surface area contributed by atoms with Gasteiger partial charge in [0.25, 0.3) is 0 Å². The molecule has 0 unspecified atom stereocenters. The fourth-order valence-electron chi connectivity index (χ4n) is 10.6. The van der Waals surface area contributed by atoms with Crippen LogP contribution in [-0.2, 0) is 0 Å². The van der Waals surface area contributed by atoms with Crippen molar-refractivity contribution in [3.63, 3.8) is 0 Å². The van der Waals surface area contributed by atoms with Crippen LogP contribution in [0.1, 0.15) is 99.8 Å². The molecule has 4 fully saturated rings. The molecule has 10 atom stereocenters. The Bertz CT molecular complexity index is 855. The minimum Gasteiger partial charge on any atom is -0.393 e. The molecule has 0 aliphatic heterocycles. The van der Waals surface area contributed by atoms with Gasteiger partial charge >= 0.3 is 0 Å². The summed E-state index contributed by atoms with van der Waals surface area (Å²) in [5, 5.41) is 22.6. The molecule has 0 saturated heterocycles. The summed E-state index contributed by atoms with van der Waals surface area (Å²) in [4.78, 5) is 0. The molecule has 2 nitrogen and oxygen atoms in total. The van der Waals surface area contributed by atoms with Gasteiger partial charge < -0.3 is 10.2 Å². The molecule has 0 amide bonds. The van der Waals surface area contributed by atoms with E-state index in [0.717, 1.165) is 32.1 Å². The van der Waals surface area contributed by atoms with Crippen molar-refractivity contribution in [1.29, 1.82) is 0 Å². The van der Waals surface area contributed by atoms with Gasteiger partial charge in [-0.1, -0.05) is 72.3 Å². The number of aliphatic hydroxyl groups excluding tert-OH is 2. The summed E-state index contributed by atoms with van der Waals surface area (Å²) >= 11 is 0. The van der Waals surface area contributed by atoms with Crippen LogP contribution in [0, 0.1) is 50.7 Å². The smallest absolute Gasteiger partial charge is 0.0608 e. The predicted octanol–water partition coefficient (Wildman–Crippen LogP) is 6.92. The van der Waals surface area contributed by atoms with Crippen LogP contribution in [0.3, 0.4) is 0 Å². The van der Waals surface area contributed by atoms with E-state index in [-0.39, 0.29) is 39.3 Å². The first-order valence-corrected chi connectivity index (χ1v) is 13.5. The van der Waals surface area contributed by atoms with Gasteiger partial charge in [0.05, 0.1) is 12.2 Å². The summed E-state index contributed by atoms with van der Waals surface area (Å²) < 4.78 is 0. The lowest BCUT2D eigenvalue weighted by Gasteiger charge is -2.72. The number of hydrogen-bond acceptors (Lipinski definition) is 2. The summed E-state index contributed by atoms with van der Waals surface area (Å²) in [6.45, 7) is 21.5. The molecule has 2 heteroatoms. The third kappa shape index (κ3) is 2.55. The Morgan fingerprint density at radius 2 is 1.56 bits per heavy atom. The van der Waals surface area contributed by atoms with Gasteiger partial charge in [-0.05, 0) is 96.7 Å². The monoisotopic (exact) mass is 440 g/mol. The third-order valence-electron chi connectivity index (χ3n) is 13.0. The number of rotatable bonds is 0. The van der Waals surface area contributed by atoms with Crippen molar-refractivity contribution in [2.24, 2.45) is 50.7 Å². The van der Waals surface area contributed by atoms with E-state index in [4.69, 9.17) is 0 Å². The topological polar surface area (TPSA) is 40.5 Å². The zero-order valence-corrected chi connectivity index (χ0v) is 21.8. The number of hydrogen-bond donors (Lipinski definition) is 2. The second-order valence-electron chi connectivity index (χ2n) is 14.3. The average molecular weight is 441 g/mol. The summed E-state index contributed by atoms with van der Waals surface area (Å²) in [7, 11) is 0. The normalized spacial score (nSPS) is 56.9. The second-order valence-corrected chi connectivity index (χ2v) is 14.3. The Balaban J connectivity index is 1.62. The van der Waals surface area contributed by atoms with Crippen LogP contribution < -0.4 is 0 Å². The molecule has 2 N–H and O–H groups in total. The van der Waals surface area contributed by atoms with E-state index in [9.17, 15) is 10.2 Å². The van der Waals surface area contributed by atoms with Crippen LogP contribution in [-0.4, -0.2) is 22.4 Å². The first kappa shape index (κ1) is 23.2. The average Bonchev–Trinajstić information content (AvgIpc) is 2.70. The van der Waals surface area contributed by atoms with Gasteiger partial charge in [-0.3, -0.25) is 0 Å². The zero-order chi connectivity index (χ0) is 23.5. The first-order valence-electron chi connectivity index (χ1n) is 13.5. The standard InChI is InChI=1S/C30H48O2/c1-18-11-14-28(6)24(32)17-30(8)20(25(28)19(18)2)9-10-22-27(5)15-13-23(31)26(3,4)21(27)12-16-29(22,30)7/h9,19,21-25,31-32H,1,10-17H2,2-8H3/t19-,21+,22-,23+,24+,25+,27+,28-,29-,30-/m0/s1. The number of allylic oxidation sites excluding steroid dienone is 3. The molecule has 0 heterocycles. The Kier molecular flexibility index (Phi) is 4.88. The van der Waals surface area contributed by atoms with E-state index in [1.165, 1.54) is 24.8 Å². The maximum absolute atomic E-state index is 11.7. The van der Waals surface area contributed by atoms with E-state index >= 15 is 0 Å². The third-order valence-corrected chi connectivity index (χ3v) is 13.0. The molecule has 0 radical (unpaired) electrons. The van der Waals surface area contributed by atoms with Gasteiger partial charge in [0, 0.05) is 5.41 Å². The van der Waals surface area contributed by atoms with Crippen molar-refractivity contribution in [1.82, 2.24) is 0 Å². The van der Waals surface area contributed by atoms with Crippen molar-refractivity contribution in [3.8, 4) is 0 Å². The van der Waals surface area contributed by atoms with Crippen LogP contribution >= 0.6 is 0 Å². The lowest BCUT2D eigenvalue weighted by Crippen LogP contribution is -2.66. The van der Waals surface area contributed by atoms with Crippen molar-refractivity contribution >= 4 is 0 Å². The van der Waals surface area contributed by atoms with Crippen LogP contribution in [0.25, 0.3) is 0 Å². The minimum atomic E-state index is -0.240. The van der Waals surface area contributed by atoms with Crippen molar-refractivity contribution < 1.29 is 10.2 Å². The minimum absolute atomic E-state index is 0.0144. The molecule has 5 rings (SSSR count). The summed E-state index contributed by atoms with van der Waals surface area (Å²) in [6.07, 6.45) is 10.9. The molecule has 0 aromatic heterocycles. The van der Waals surface area contributed by atoms with E-state index < -0.39 is 0 Å². The van der Waals surface area contributed by atoms with Gasteiger partial charge in [0.2, 0.25) is 0 Å². The summed E-state index contributed by atoms with van der Waals surface area (Å²) in [6, 6.07) is 0. The van der Waals surface area contributed by atoms with Crippen LogP contribution in [0.2, 0.25) is 0 Å². The molecule has 0 aromatic rings. The van der Waals surface area contributed by atoms with Crippen molar-refractivity contribution in [2.45, 2.75) is 112 Å². The molecular weight excluding hydrogens is 392 g/mol. The first-order chi connectivity index (χ1) is 14.7. The van der Waals surface area contributed by atoms with Crippen molar-refractivity contribution in [2.75, 3.05) is 0 Å². The van der Waals surface area contributed by atoms with Gasteiger partial charge in [-0.2, -0.15) is 0 Å². The van der Waals surface area contributed by atoms with Gasteiger partial charge in [-0.25, -0.2) is 0 Å². The fourth-order valence-corrected chi connectivity index (χ4v) is 10.6. The van der Waals surface area contributed by atoms with Crippen LogP contribution in [0.5, 0.6) is 0 Å². The van der Waals surface area contributed by atoms with Gasteiger partial charge in [-0.15, -0.1) is 0 Å². The molecule has 5 aliphatic rings. The quantitative estimate of drug-likeness (QED) is 0.402. The van der Waals surface area contributed by atoms with E-state index in [1.54, 1.807) is 5.57 Å². The van der Waals surface area contributed by atoms with E-state index in [0.29, 0.717) is 23.7 Å². The molecular formula is C30H48O2. The summed E-state index contributed by atoms with van der Waals surface area (Å²) in [5.41, 5.74) is 3.51. The number of fused-ring (bicyclic) bond motifs is 7. The van der Waals surface area contributed by atoms with Gasteiger partial charge in [0.15, 0.2) is 0 Å². The largest absolute Gasteiger partial charge is 0.393 e.